The number of rotatable bonds is 8. The van der Waals surface area contributed by atoms with Gasteiger partial charge in [-0.2, -0.15) is 0 Å². The van der Waals surface area contributed by atoms with Gasteiger partial charge in [0.15, 0.2) is 0 Å². The first kappa shape index (κ1) is 17.7. The highest BCUT2D eigenvalue weighted by Gasteiger charge is 2.36. The molecule has 0 spiro atoms. The number of hydrogen-bond donors (Lipinski definition) is 2. The molecule has 20 heavy (non-hydrogen) atoms. The van der Waals surface area contributed by atoms with Gasteiger partial charge < -0.3 is 4.74 Å². The zero-order chi connectivity index (χ0) is 15.2. The Hall–Kier alpha value is -0.320. The Morgan fingerprint density at radius 1 is 1.25 bits per heavy atom. The van der Waals surface area contributed by atoms with Crippen molar-refractivity contribution in [2.24, 2.45) is 5.84 Å². The molecule has 0 fully saturated rings. The molecule has 1 rings (SSSR count). The van der Waals surface area contributed by atoms with E-state index in [1.807, 2.05) is 19.1 Å². The normalized spacial score (nSPS) is 13.5. The van der Waals surface area contributed by atoms with Gasteiger partial charge in [0.25, 0.3) is 0 Å². The van der Waals surface area contributed by atoms with Crippen LogP contribution < -0.4 is 11.3 Å². The summed E-state index contributed by atoms with van der Waals surface area (Å²) >= 11 is 12.3. The van der Waals surface area contributed by atoms with E-state index < -0.39 is 0 Å². The second-order valence-corrected chi connectivity index (χ2v) is 5.71. The van der Waals surface area contributed by atoms with Crippen molar-refractivity contribution in [3.63, 3.8) is 0 Å². The van der Waals surface area contributed by atoms with Gasteiger partial charge in [0.1, 0.15) is 0 Å². The molecule has 5 heteroatoms. The van der Waals surface area contributed by atoms with Gasteiger partial charge in [0.2, 0.25) is 0 Å². The first-order valence-corrected chi connectivity index (χ1v) is 7.82. The molecule has 0 saturated carbocycles. The lowest BCUT2D eigenvalue weighted by atomic mass is 9.84. The highest BCUT2D eigenvalue weighted by molar-refractivity contribution is 6.33. The lowest BCUT2D eigenvalue weighted by Gasteiger charge is -2.39. The zero-order valence-electron chi connectivity index (χ0n) is 12.4. The molecule has 114 valence electrons. The summed E-state index contributed by atoms with van der Waals surface area (Å²) in [5.41, 5.74) is 3.58. The summed E-state index contributed by atoms with van der Waals surface area (Å²) in [7, 11) is 0. The van der Waals surface area contributed by atoms with E-state index in [9.17, 15) is 0 Å². The van der Waals surface area contributed by atoms with Gasteiger partial charge in [-0.15, -0.1) is 0 Å². The van der Waals surface area contributed by atoms with Crippen LogP contribution in [0, 0.1) is 0 Å². The molecule has 0 radical (unpaired) electrons. The first-order chi connectivity index (χ1) is 9.52. The third-order valence-electron chi connectivity index (χ3n) is 3.90. The quantitative estimate of drug-likeness (QED) is 0.563. The van der Waals surface area contributed by atoms with Crippen molar-refractivity contribution in [3.8, 4) is 0 Å². The van der Waals surface area contributed by atoms with Crippen LogP contribution >= 0.6 is 23.2 Å². The molecule has 0 aliphatic rings. The Kier molecular flexibility index (Phi) is 7.27. The summed E-state index contributed by atoms with van der Waals surface area (Å²) < 4.78 is 6.00. The molecular weight excluding hydrogens is 295 g/mol. The second kappa shape index (κ2) is 8.20. The molecule has 0 aromatic heterocycles. The van der Waals surface area contributed by atoms with Gasteiger partial charge in [-0.3, -0.25) is 11.3 Å². The Labute approximate surface area is 131 Å². The third kappa shape index (κ3) is 4.09. The van der Waals surface area contributed by atoms with Gasteiger partial charge in [0, 0.05) is 16.7 Å². The van der Waals surface area contributed by atoms with Crippen molar-refractivity contribution in [3.05, 3.63) is 33.8 Å². The average molecular weight is 319 g/mol. The SMILES string of the molecule is CCOC(CC)(CC)C(Cc1cc(Cl)ccc1Cl)NN. The van der Waals surface area contributed by atoms with Crippen LogP contribution in [0.25, 0.3) is 0 Å². The van der Waals surface area contributed by atoms with E-state index in [0.717, 1.165) is 18.4 Å². The predicted octanol–water partition coefficient (Wildman–Crippen LogP) is 3.96. The number of hydrogen-bond acceptors (Lipinski definition) is 3. The van der Waals surface area contributed by atoms with Crippen molar-refractivity contribution in [1.29, 1.82) is 0 Å². The molecule has 3 nitrogen and oxygen atoms in total. The number of nitrogens with one attached hydrogen (secondary N) is 1. The van der Waals surface area contributed by atoms with Crippen molar-refractivity contribution >= 4 is 23.2 Å². The maximum Gasteiger partial charge on any atom is 0.0846 e. The topological polar surface area (TPSA) is 47.3 Å². The fourth-order valence-corrected chi connectivity index (χ4v) is 3.04. The summed E-state index contributed by atoms with van der Waals surface area (Å²) in [6, 6.07) is 5.46. The van der Waals surface area contributed by atoms with Gasteiger partial charge in [-0.05, 0) is 49.9 Å². The Morgan fingerprint density at radius 3 is 2.40 bits per heavy atom. The standard InChI is InChI=1S/C15H24Cl2N2O/c1-4-15(5-2,20-6-3)14(19-18)10-11-9-12(16)7-8-13(11)17/h7-9,14,19H,4-6,10,18H2,1-3H3. The number of ether oxygens (including phenoxy) is 1. The van der Waals surface area contributed by atoms with Crippen LogP contribution in [-0.2, 0) is 11.2 Å². The molecule has 0 amide bonds. The Morgan fingerprint density at radius 2 is 1.90 bits per heavy atom. The maximum absolute atomic E-state index is 6.24. The molecule has 1 aromatic rings. The number of halogens is 2. The lowest BCUT2D eigenvalue weighted by molar-refractivity contribution is -0.0719. The van der Waals surface area contributed by atoms with Crippen LogP contribution in [0.2, 0.25) is 10.0 Å². The van der Waals surface area contributed by atoms with Crippen LogP contribution in [-0.4, -0.2) is 18.2 Å². The summed E-state index contributed by atoms with van der Waals surface area (Å²) in [6.07, 6.45) is 2.44. The second-order valence-electron chi connectivity index (χ2n) is 4.86. The van der Waals surface area contributed by atoms with E-state index in [0.29, 0.717) is 23.1 Å². The van der Waals surface area contributed by atoms with Crippen LogP contribution in [0.3, 0.4) is 0 Å². The molecule has 0 aliphatic carbocycles. The predicted molar refractivity (Wildman–Crippen MR) is 86.2 cm³/mol. The molecule has 0 bridgehead atoms. The van der Waals surface area contributed by atoms with Crippen molar-refractivity contribution < 1.29 is 4.74 Å². The fourth-order valence-electron chi connectivity index (χ4n) is 2.65. The molecule has 0 heterocycles. The van der Waals surface area contributed by atoms with Crippen LogP contribution in [0.15, 0.2) is 18.2 Å². The van der Waals surface area contributed by atoms with Gasteiger partial charge in [-0.1, -0.05) is 37.0 Å². The lowest BCUT2D eigenvalue weighted by Crippen LogP contribution is -2.55. The largest absolute Gasteiger partial charge is 0.374 e. The van der Waals surface area contributed by atoms with E-state index >= 15 is 0 Å². The van der Waals surface area contributed by atoms with E-state index in [1.165, 1.54) is 0 Å². The summed E-state index contributed by atoms with van der Waals surface area (Å²) in [5.74, 6) is 5.77. The number of benzene rings is 1. The average Bonchev–Trinajstić information content (AvgIpc) is 2.46. The minimum atomic E-state index is -0.296. The highest BCUT2D eigenvalue weighted by atomic mass is 35.5. The summed E-state index contributed by atoms with van der Waals surface area (Å²) in [4.78, 5) is 0. The smallest absolute Gasteiger partial charge is 0.0846 e. The first-order valence-electron chi connectivity index (χ1n) is 7.07. The molecule has 1 unspecified atom stereocenters. The maximum atomic E-state index is 6.24. The molecule has 1 atom stereocenters. The van der Waals surface area contributed by atoms with Crippen molar-refractivity contribution in [1.82, 2.24) is 5.43 Å². The van der Waals surface area contributed by atoms with E-state index in [2.05, 4.69) is 19.3 Å². The fraction of sp³-hybridized carbons (Fsp3) is 0.600. The van der Waals surface area contributed by atoms with E-state index in [-0.39, 0.29) is 11.6 Å². The van der Waals surface area contributed by atoms with Gasteiger partial charge >= 0.3 is 0 Å². The Bertz CT molecular complexity index is 422. The minimum absolute atomic E-state index is 0.0200. The van der Waals surface area contributed by atoms with Gasteiger partial charge in [-0.25, -0.2) is 0 Å². The zero-order valence-corrected chi connectivity index (χ0v) is 13.9. The summed E-state index contributed by atoms with van der Waals surface area (Å²) in [6.45, 7) is 6.88. The van der Waals surface area contributed by atoms with Crippen LogP contribution in [0.4, 0.5) is 0 Å². The monoisotopic (exact) mass is 318 g/mol. The minimum Gasteiger partial charge on any atom is -0.374 e. The molecule has 0 saturated heterocycles. The van der Waals surface area contributed by atoms with Gasteiger partial charge in [0.05, 0.1) is 11.6 Å². The molecule has 0 aliphatic heterocycles. The third-order valence-corrected chi connectivity index (χ3v) is 4.50. The van der Waals surface area contributed by atoms with Crippen LogP contribution in [0.5, 0.6) is 0 Å². The molecule has 3 N–H and O–H groups in total. The molecular formula is C15H24Cl2N2O. The number of hydrazine groups is 1. The van der Waals surface area contributed by atoms with E-state index in [1.54, 1.807) is 6.07 Å². The Balaban J connectivity index is 3.02. The van der Waals surface area contributed by atoms with E-state index in [4.69, 9.17) is 33.8 Å². The summed E-state index contributed by atoms with van der Waals surface area (Å²) in [5, 5.41) is 1.38. The number of nitrogens with two attached hydrogens (primary N) is 1. The van der Waals surface area contributed by atoms with Crippen LogP contribution in [0.1, 0.15) is 39.2 Å². The highest BCUT2D eigenvalue weighted by Crippen LogP contribution is 2.30. The van der Waals surface area contributed by atoms with Crippen molar-refractivity contribution in [2.75, 3.05) is 6.61 Å². The molecule has 1 aromatic carbocycles. The van der Waals surface area contributed by atoms with Crippen molar-refractivity contribution in [2.45, 2.75) is 51.7 Å².